The lowest BCUT2D eigenvalue weighted by atomic mass is 9.99. The molecule has 0 fully saturated rings. The molecule has 0 rings (SSSR count). The molecule has 6 heteroatoms. The van der Waals surface area contributed by atoms with Crippen molar-refractivity contribution in [3.05, 3.63) is 0 Å². The maximum Gasteiger partial charge on any atom is 0.249 e. The predicted octanol–water partition coefficient (Wildman–Crippen LogP) is 20.2. The van der Waals surface area contributed by atoms with E-state index in [2.05, 4.69) is 19.2 Å². The molecule has 432 valence electrons. The SMILES string of the molecule is CCCCCCCCCCCCCCCCCCCCCCCCCCCCCCCCCCCCC(O)C(=O)NC(CO)C(O)C(O)CCCCCCCCCCCCCCCCCCCCCCCC. The van der Waals surface area contributed by atoms with Gasteiger partial charge in [-0.1, -0.05) is 373 Å². The molecule has 0 aliphatic rings. The monoisotopic (exact) mass is 1020 g/mol. The summed E-state index contributed by atoms with van der Waals surface area (Å²) in [6.07, 6.45) is 73.6. The van der Waals surface area contributed by atoms with Crippen molar-refractivity contribution in [1.82, 2.24) is 5.32 Å². The Morgan fingerprint density at radius 2 is 0.472 bits per heavy atom. The van der Waals surface area contributed by atoms with Crippen LogP contribution < -0.4 is 5.32 Å². The van der Waals surface area contributed by atoms with Crippen LogP contribution in [0.15, 0.2) is 0 Å². The van der Waals surface area contributed by atoms with Gasteiger partial charge in [-0.2, -0.15) is 0 Å². The van der Waals surface area contributed by atoms with E-state index in [0.717, 1.165) is 38.5 Å². The fourth-order valence-electron chi connectivity index (χ4n) is 11.1. The van der Waals surface area contributed by atoms with Crippen LogP contribution in [0.3, 0.4) is 0 Å². The van der Waals surface area contributed by atoms with Gasteiger partial charge >= 0.3 is 0 Å². The highest BCUT2D eigenvalue weighted by molar-refractivity contribution is 5.80. The van der Waals surface area contributed by atoms with Gasteiger partial charge in [-0.05, 0) is 12.8 Å². The molecule has 0 spiro atoms. The van der Waals surface area contributed by atoms with Gasteiger partial charge in [0.05, 0.1) is 18.8 Å². The maximum atomic E-state index is 12.6. The van der Waals surface area contributed by atoms with Gasteiger partial charge in [0.2, 0.25) is 5.91 Å². The zero-order valence-corrected chi connectivity index (χ0v) is 49.2. The molecular formula is C66H133NO5. The number of nitrogens with one attached hydrogen (secondary N) is 1. The number of aliphatic hydroxyl groups excluding tert-OH is 4. The van der Waals surface area contributed by atoms with Crippen molar-refractivity contribution >= 4 is 5.91 Å². The van der Waals surface area contributed by atoms with Crippen LogP contribution >= 0.6 is 0 Å². The Morgan fingerprint density at radius 1 is 0.292 bits per heavy atom. The Morgan fingerprint density at radius 3 is 0.667 bits per heavy atom. The highest BCUT2D eigenvalue weighted by Crippen LogP contribution is 2.20. The topological polar surface area (TPSA) is 110 Å². The highest BCUT2D eigenvalue weighted by atomic mass is 16.3. The fraction of sp³-hybridized carbons (Fsp3) is 0.985. The second kappa shape index (κ2) is 61.2. The minimum absolute atomic E-state index is 0.377. The zero-order chi connectivity index (χ0) is 52.3. The molecule has 1 amide bonds. The van der Waals surface area contributed by atoms with Gasteiger partial charge in [-0.15, -0.1) is 0 Å². The van der Waals surface area contributed by atoms with Crippen molar-refractivity contribution in [2.45, 2.75) is 411 Å². The molecule has 4 unspecified atom stereocenters. The molecule has 0 aliphatic heterocycles. The number of carbonyl (C=O) groups excluding carboxylic acids is 1. The summed E-state index contributed by atoms with van der Waals surface area (Å²) in [7, 11) is 0. The molecule has 4 atom stereocenters. The van der Waals surface area contributed by atoms with Gasteiger partial charge in [-0.25, -0.2) is 0 Å². The predicted molar refractivity (Wildman–Crippen MR) is 316 cm³/mol. The summed E-state index contributed by atoms with van der Waals surface area (Å²) in [6, 6.07) is -0.982. The molecule has 0 radical (unpaired) electrons. The summed E-state index contributed by atoms with van der Waals surface area (Å²) < 4.78 is 0. The minimum Gasteiger partial charge on any atom is -0.394 e. The van der Waals surface area contributed by atoms with Gasteiger partial charge in [0.15, 0.2) is 0 Å². The lowest BCUT2D eigenvalue weighted by molar-refractivity contribution is -0.132. The van der Waals surface area contributed by atoms with Crippen LogP contribution in [0.4, 0.5) is 0 Å². The summed E-state index contributed by atoms with van der Waals surface area (Å²) in [5.41, 5.74) is 0. The van der Waals surface area contributed by atoms with E-state index in [0.29, 0.717) is 12.8 Å². The number of aliphatic hydroxyl groups is 4. The van der Waals surface area contributed by atoms with Crippen LogP contribution in [0.2, 0.25) is 0 Å². The Hall–Kier alpha value is -0.690. The maximum absolute atomic E-state index is 12.6. The molecule has 0 saturated carbocycles. The summed E-state index contributed by atoms with van der Waals surface area (Å²) >= 11 is 0. The Balaban J connectivity index is 3.50. The molecule has 5 N–H and O–H groups in total. The third kappa shape index (κ3) is 54.1. The van der Waals surface area contributed by atoms with Crippen LogP contribution in [0.5, 0.6) is 0 Å². The first-order valence-electron chi connectivity index (χ1n) is 33.4. The van der Waals surface area contributed by atoms with E-state index in [9.17, 15) is 25.2 Å². The van der Waals surface area contributed by atoms with Crippen molar-refractivity contribution in [1.29, 1.82) is 0 Å². The van der Waals surface area contributed by atoms with Crippen molar-refractivity contribution in [2.24, 2.45) is 0 Å². The molecule has 0 heterocycles. The minimum atomic E-state index is -1.26. The number of hydrogen-bond acceptors (Lipinski definition) is 5. The smallest absolute Gasteiger partial charge is 0.249 e. The van der Waals surface area contributed by atoms with Gasteiger partial charge in [0.25, 0.3) is 0 Å². The third-order valence-electron chi connectivity index (χ3n) is 16.3. The van der Waals surface area contributed by atoms with E-state index in [1.54, 1.807) is 0 Å². The Bertz CT molecular complexity index is 1010. The Kier molecular flexibility index (Phi) is 60.6. The first-order chi connectivity index (χ1) is 35.5. The molecule has 0 bridgehead atoms. The molecule has 0 aromatic heterocycles. The summed E-state index contributed by atoms with van der Waals surface area (Å²) in [4.78, 5) is 12.6. The number of unbranched alkanes of at least 4 members (excludes halogenated alkanes) is 54. The molecule has 72 heavy (non-hydrogen) atoms. The average molecular weight is 1020 g/mol. The second-order valence-corrected chi connectivity index (χ2v) is 23.5. The zero-order valence-electron chi connectivity index (χ0n) is 49.2. The van der Waals surface area contributed by atoms with E-state index in [4.69, 9.17) is 0 Å². The molecule has 0 aromatic carbocycles. The molecule has 0 aliphatic carbocycles. The fourth-order valence-corrected chi connectivity index (χ4v) is 11.1. The number of rotatable bonds is 63. The van der Waals surface area contributed by atoms with Crippen molar-refractivity contribution < 1.29 is 25.2 Å². The highest BCUT2D eigenvalue weighted by Gasteiger charge is 2.28. The van der Waals surface area contributed by atoms with Gasteiger partial charge in [0.1, 0.15) is 12.2 Å². The van der Waals surface area contributed by atoms with Crippen LogP contribution in [0.1, 0.15) is 386 Å². The van der Waals surface area contributed by atoms with E-state index in [1.165, 1.54) is 321 Å². The first kappa shape index (κ1) is 71.3. The van der Waals surface area contributed by atoms with Crippen molar-refractivity contribution in [2.75, 3.05) is 6.61 Å². The van der Waals surface area contributed by atoms with Crippen LogP contribution in [-0.2, 0) is 4.79 Å². The van der Waals surface area contributed by atoms with E-state index in [-0.39, 0.29) is 0 Å². The largest absolute Gasteiger partial charge is 0.394 e. The van der Waals surface area contributed by atoms with Crippen molar-refractivity contribution in [3.63, 3.8) is 0 Å². The quantitative estimate of drug-likeness (QED) is 0.0390. The van der Waals surface area contributed by atoms with Crippen LogP contribution in [0, 0.1) is 0 Å². The number of amides is 1. The number of carbonyl (C=O) groups is 1. The third-order valence-corrected chi connectivity index (χ3v) is 16.3. The normalized spacial score (nSPS) is 13.5. The van der Waals surface area contributed by atoms with Gasteiger partial charge in [0, 0.05) is 0 Å². The summed E-state index contributed by atoms with van der Waals surface area (Å²) in [5.74, 6) is -0.573. The van der Waals surface area contributed by atoms with Crippen LogP contribution in [0.25, 0.3) is 0 Å². The Labute approximate surface area is 451 Å². The first-order valence-corrected chi connectivity index (χ1v) is 33.4. The van der Waals surface area contributed by atoms with Crippen LogP contribution in [-0.4, -0.2) is 57.3 Å². The lowest BCUT2D eigenvalue weighted by Gasteiger charge is -2.27. The summed E-state index contributed by atoms with van der Waals surface area (Å²) in [6.45, 7) is 4.11. The number of hydrogen-bond donors (Lipinski definition) is 5. The lowest BCUT2D eigenvalue weighted by Crippen LogP contribution is -2.53. The average Bonchev–Trinajstić information content (AvgIpc) is 3.39. The summed E-state index contributed by atoms with van der Waals surface area (Å²) in [5, 5.41) is 44.2. The second-order valence-electron chi connectivity index (χ2n) is 23.5. The standard InChI is InChI=1S/C66H133NO5/c1-3-5-7-9-11-13-15-17-19-21-23-25-27-28-29-30-31-32-33-34-35-36-37-38-40-42-44-46-48-50-52-54-56-58-60-64(70)66(72)67-62(61-68)65(71)63(69)59-57-55-53-51-49-47-45-43-41-39-26-24-22-20-18-16-14-12-10-8-6-4-2/h62-65,68-71H,3-61H2,1-2H3,(H,67,72). The van der Waals surface area contributed by atoms with E-state index < -0.39 is 36.9 Å². The molecular weight excluding hydrogens is 887 g/mol. The van der Waals surface area contributed by atoms with E-state index in [1.807, 2.05) is 0 Å². The van der Waals surface area contributed by atoms with E-state index >= 15 is 0 Å². The molecule has 6 nitrogen and oxygen atoms in total. The van der Waals surface area contributed by atoms with Gasteiger partial charge < -0.3 is 25.7 Å². The molecule has 0 saturated heterocycles. The van der Waals surface area contributed by atoms with Gasteiger partial charge in [-0.3, -0.25) is 4.79 Å². The molecule has 0 aromatic rings. The van der Waals surface area contributed by atoms with Crippen molar-refractivity contribution in [3.8, 4) is 0 Å².